The first-order valence-electron chi connectivity index (χ1n) is 7.77. The van der Waals surface area contributed by atoms with Crippen LogP contribution in [0.25, 0.3) is 6.08 Å². The predicted molar refractivity (Wildman–Crippen MR) is 96.0 cm³/mol. The van der Waals surface area contributed by atoms with Crippen LogP contribution in [0.5, 0.6) is 17.2 Å². The molecule has 0 heterocycles. The van der Waals surface area contributed by atoms with Crippen molar-refractivity contribution in [2.24, 2.45) is 0 Å². The molecule has 0 aliphatic rings. The van der Waals surface area contributed by atoms with E-state index in [0.29, 0.717) is 22.8 Å². The zero-order valence-corrected chi connectivity index (χ0v) is 15.6. The largest absolute Gasteiger partial charge is 0.496 e. The van der Waals surface area contributed by atoms with Crippen molar-refractivity contribution in [1.82, 2.24) is 10.6 Å². The monoisotopic (exact) mass is 350 g/mol. The van der Waals surface area contributed by atoms with Crippen molar-refractivity contribution in [3.8, 4) is 17.2 Å². The van der Waals surface area contributed by atoms with Crippen molar-refractivity contribution < 1.29 is 23.8 Å². The molecule has 0 unspecified atom stereocenters. The van der Waals surface area contributed by atoms with E-state index in [2.05, 4.69) is 10.6 Å². The second-order valence-corrected chi connectivity index (χ2v) is 6.30. The zero-order chi connectivity index (χ0) is 19.0. The Morgan fingerprint density at radius 1 is 1.00 bits per heavy atom. The molecule has 0 spiro atoms. The van der Waals surface area contributed by atoms with Crippen molar-refractivity contribution in [1.29, 1.82) is 0 Å². The average Bonchev–Trinajstić information content (AvgIpc) is 2.55. The third-order valence-electron chi connectivity index (χ3n) is 3.09. The standard InChI is InChI=1S/C18H26N2O5/c1-18(2,3)20-17(22)11-19-16(21)8-7-12-9-14(24-5)15(25-6)10-13(12)23-4/h7-10H,11H2,1-6H3,(H,19,21)(H,20,22)/b8-7+. The molecular weight excluding hydrogens is 324 g/mol. The maximum absolute atomic E-state index is 11.9. The molecule has 1 aromatic carbocycles. The molecule has 25 heavy (non-hydrogen) atoms. The van der Waals surface area contributed by atoms with Crippen molar-refractivity contribution in [3.63, 3.8) is 0 Å². The van der Waals surface area contributed by atoms with E-state index in [4.69, 9.17) is 14.2 Å². The highest BCUT2D eigenvalue weighted by molar-refractivity contribution is 5.94. The minimum Gasteiger partial charge on any atom is -0.496 e. The number of rotatable bonds is 7. The number of carbonyl (C=O) groups excluding carboxylic acids is 2. The summed E-state index contributed by atoms with van der Waals surface area (Å²) < 4.78 is 15.7. The molecule has 7 heteroatoms. The van der Waals surface area contributed by atoms with Gasteiger partial charge < -0.3 is 24.8 Å². The minimum absolute atomic E-state index is 0.0937. The van der Waals surface area contributed by atoms with Crippen LogP contribution in [0, 0.1) is 0 Å². The van der Waals surface area contributed by atoms with Crippen LogP contribution < -0.4 is 24.8 Å². The van der Waals surface area contributed by atoms with Crippen LogP contribution >= 0.6 is 0 Å². The van der Waals surface area contributed by atoms with Gasteiger partial charge in [-0.25, -0.2) is 0 Å². The SMILES string of the molecule is COc1cc(OC)c(OC)cc1/C=C/C(=O)NCC(=O)NC(C)(C)C. The third kappa shape index (κ3) is 6.74. The number of nitrogens with one attached hydrogen (secondary N) is 2. The molecule has 2 N–H and O–H groups in total. The first-order valence-corrected chi connectivity index (χ1v) is 7.77. The molecule has 0 saturated heterocycles. The second kappa shape index (κ2) is 8.96. The summed E-state index contributed by atoms with van der Waals surface area (Å²) in [5, 5.41) is 5.30. The van der Waals surface area contributed by atoms with Crippen molar-refractivity contribution in [2.45, 2.75) is 26.3 Å². The molecule has 0 aromatic heterocycles. The highest BCUT2D eigenvalue weighted by atomic mass is 16.5. The van der Waals surface area contributed by atoms with Gasteiger partial charge in [-0.2, -0.15) is 0 Å². The topological polar surface area (TPSA) is 85.9 Å². The summed E-state index contributed by atoms with van der Waals surface area (Å²) in [4.78, 5) is 23.6. The van der Waals surface area contributed by atoms with Crippen LogP contribution in [-0.2, 0) is 9.59 Å². The fourth-order valence-corrected chi connectivity index (χ4v) is 2.04. The fourth-order valence-electron chi connectivity index (χ4n) is 2.04. The van der Waals surface area contributed by atoms with E-state index < -0.39 is 0 Å². The van der Waals surface area contributed by atoms with Gasteiger partial charge in [-0.1, -0.05) is 0 Å². The van der Waals surface area contributed by atoms with Crippen molar-refractivity contribution in [2.75, 3.05) is 27.9 Å². The lowest BCUT2D eigenvalue weighted by atomic mass is 10.1. The Bertz CT molecular complexity index is 648. The Balaban J connectivity index is 2.77. The van der Waals surface area contributed by atoms with Gasteiger partial charge in [0.15, 0.2) is 11.5 Å². The van der Waals surface area contributed by atoms with Gasteiger partial charge in [0.1, 0.15) is 5.75 Å². The first kappa shape index (κ1) is 20.3. The van der Waals surface area contributed by atoms with Gasteiger partial charge in [0.2, 0.25) is 11.8 Å². The molecule has 0 aliphatic carbocycles. The molecule has 1 aromatic rings. The van der Waals surface area contributed by atoms with Gasteiger partial charge in [-0.05, 0) is 32.9 Å². The Kier molecular flexibility index (Phi) is 7.29. The van der Waals surface area contributed by atoms with Gasteiger partial charge in [0.05, 0.1) is 27.9 Å². The van der Waals surface area contributed by atoms with Crippen LogP contribution in [0.15, 0.2) is 18.2 Å². The quantitative estimate of drug-likeness (QED) is 0.732. The van der Waals surface area contributed by atoms with Crippen LogP contribution in [0.1, 0.15) is 26.3 Å². The molecule has 0 atom stereocenters. The van der Waals surface area contributed by atoms with Crippen molar-refractivity contribution in [3.05, 3.63) is 23.8 Å². The molecule has 0 bridgehead atoms. The lowest BCUT2D eigenvalue weighted by molar-refractivity contribution is -0.124. The van der Waals surface area contributed by atoms with E-state index in [9.17, 15) is 9.59 Å². The number of hydrogen-bond acceptors (Lipinski definition) is 5. The summed E-state index contributed by atoms with van der Waals surface area (Å²) in [7, 11) is 4.58. The molecule has 7 nitrogen and oxygen atoms in total. The van der Waals surface area contributed by atoms with E-state index >= 15 is 0 Å². The second-order valence-electron chi connectivity index (χ2n) is 6.30. The maximum atomic E-state index is 11.9. The normalized spacial score (nSPS) is 11.1. The molecule has 138 valence electrons. The van der Waals surface area contributed by atoms with Crippen molar-refractivity contribution >= 4 is 17.9 Å². The molecule has 2 amide bonds. The number of carbonyl (C=O) groups is 2. The average molecular weight is 350 g/mol. The molecule has 1 rings (SSSR count). The van der Waals surface area contributed by atoms with Gasteiger partial charge in [-0.3, -0.25) is 9.59 Å². The first-order chi connectivity index (χ1) is 11.7. The van der Waals surface area contributed by atoms with E-state index in [0.717, 1.165) is 0 Å². The summed E-state index contributed by atoms with van der Waals surface area (Å²) in [6.07, 6.45) is 2.91. The van der Waals surface area contributed by atoms with E-state index in [1.807, 2.05) is 20.8 Å². The van der Waals surface area contributed by atoms with Gasteiger partial charge in [0, 0.05) is 23.2 Å². The van der Waals surface area contributed by atoms with Gasteiger partial charge in [-0.15, -0.1) is 0 Å². The maximum Gasteiger partial charge on any atom is 0.244 e. The van der Waals surface area contributed by atoms with Gasteiger partial charge in [0.25, 0.3) is 0 Å². The van der Waals surface area contributed by atoms with Crippen LogP contribution in [-0.4, -0.2) is 45.2 Å². The number of amides is 2. The Labute approximate surface area is 148 Å². The van der Waals surface area contributed by atoms with E-state index in [1.54, 1.807) is 18.2 Å². The molecular formula is C18H26N2O5. The highest BCUT2D eigenvalue weighted by Crippen LogP contribution is 2.35. The highest BCUT2D eigenvalue weighted by Gasteiger charge is 2.14. The summed E-state index contributed by atoms with van der Waals surface area (Å²) in [6.45, 7) is 5.52. The fraction of sp³-hybridized carbons (Fsp3) is 0.444. The Hall–Kier alpha value is -2.70. The Morgan fingerprint density at radius 3 is 2.08 bits per heavy atom. The Morgan fingerprint density at radius 2 is 1.56 bits per heavy atom. The summed E-state index contributed by atoms with van der Waals surface area (Å²) in [5.41, 5.74) is 0.305. The number of methoxy groups -OCH3 is 3. The minimum atomic E-state index is -0.388. The molecule has 0 fully saturated rings. The number of ether oxygens (including phenoxy) is 3. The van der Waals surface area contributed by atoms with Crippen LogP contribution in [0.4, 0.5) is 0 Å². The number of benzene rings is 1. The smallest absolute Gasteiger partial charge is 0.244 e. The summed E-state index contributed by atoms with van der Waals surface area (Å²) >= 11 is 0. The molecule has 0 radical (unpaired) electrons. The van der Waals surface area contributed by atoms with Crippen LogP contribution in [0.3, 0.4) is 0 Å². The zero-order valence-electron chi connectivity index (χ0n) is 15.6. The number of hydrogen-bond donors (Lipinski definition) is 2. The van der Waals surface area contributed by atoms with Crippen LogP contribution in [0.2, 0.25) is 0 Å². The molecule has 0 saturated carbocycles. The summed E-state index contributed by atoms with van der Waals surface area (Å²) in [6, 6.07) is 3.38. The van der Waals surface area contributed by atoms with E-state index in [-0.39, 0.29) is 23.9 Å². The predicted octanol–water partition coefficient (Wildman–Crippen LogP) is 1.76. The molecule has 0 aliphatic heterocycles. The summed E-state index contributed by atoms with van der Waals surface area (Å²) in [5.74, 6) is 0.943. The van der Waals surface area contributed by atoms with E-state index in [1.165, 1.54) is 27.4 Å². The lowest BCUT2D eigenvalue weighted by Crippen LogP contribution is -2.45. The third-order valence-corrected chi connectivity index (χ3v) is 3.09. The van der Waals surface area contributed by atoms with Gasteiger partial charge >= 0.3 is 0 Å². The lowest BCUT2D eigenvalue weighted by Gasteiger charge is -2.20.